The minimum atomic E-state index is -4.06. The molecule has 1 heterocycles. The van der Waals surface area contributed by atoms with Gasteiger partial charge in [-0.15, -0.1) is 0 Å². The molecule has 0 radical (unpaired) electrons. The SMILES string of the molecule is CC(=O)SC(CCP(=O)(O)O)c1nc[nH]n1. The first-order chi connectivity index (χ1) is 7.38. The summed E-state index contributed by atoms with van der Waals surface area (Å²) < 4.78 is 10.7. The standard InChI is InChI=1S/C7H12N3O4PS/c1-5(11)16-6(2-3-15(12,13)14)7-8-4-9-10-7/h4,6H,2-3H2,1H3,(H,8,9,10)(H2,12,13,14). The van der Waals surface area contributed by atoms with E-state index in [1.807, 2.05) is 0 Å². The smallest absolute Gasteiger partial charge is 0.324 e. The maximum absolute atomic E-state index is 11.0. The van der Waals surface area contributed by atoms with E-state index in [-0.39, 0.29) is 17.7 Å². The van der Waals surface area contributed by atoms with Crippen LogP contribution < -0.4 is 0 Å². The molecule has 0 aliphatic carbocycles. The number of rotatable bonds is 5. The topological polar surface area (TPSA) is 116 Å². The number of aromatic nitrogens is 3. The number of carbonyl (C=O) groups excluding carboxylic acids is 1. The molecule has 0 saturated carbocycles. The highest BCUT2D eigenvalue weighted by Crippen LogP contribution is 2.40. The van der Waals surface area contributed by atoms with Crippen molar-refractivity contribution in [2.75, 3.05) is 6.16 Å². The molecule has 0 aliphatic rings. The number of hydrogen-bond acceptors (Lipinski definition) is 5. The van der Waals surface area contributed by atoms with Crippen LogP contribution in [0.3, 0.4) is 0 Å². The molecule has 1 atom stereocenters. The summed E-state index contributed by atoms with van der Waals surface area (Å²) >= 11 is 0.971. The molecule has 0 bridgehead atoms. The van der Waals surface area contributed by atoms with Crippen LogP contribution in [0.1, 0.15) is 24.4 Å². The van der Waals surface area contributed by atoms with Crippen LogP contribution in [-0.2, 0) is 9.36 Å². The van der Waals surface area contributed by atoms with E-state index in [1.54, 1.807) is 0 Å². The number of nitrogens with one attached hydrogen (secondary N) is 1. The van der Waals surface area contributed by atoms with Crippen molar-refractivity contribution in [3.8, 4) is 0 Å². The monoisotopic (exact) mass is 265 g/mol. The molecule has 0 amide bonds. The molecule has 0 spiro atoms. The Hall–Kier alpha value is -0.690. The van der Waals surface area contributed by atoms with Crippen molar-refractivity contribution < 1.29 is 19.1 Å². The fourth-order valence-corrected chi connectivity index (χ4v) is 2.73. The molecule has 0 aromatic carbocycles. The van der Waals surface area contributed by atoms with E-state index in [0.717, 1.165) is 11.8 Å². The van der Waals surface area contributed by atoms with Crippen molar-refractivity contribution in [2.45, 2.75) is 18.6 Å². The molecule has 1 aromatic rings. The fraction of sp³-hybridized carbons (Fsp3) is 0.571. The first kappa shape index (κ1) is 13.4. The molecule has 1 rings (SSSR count). The molecule has 1 aromatic heterocycles. The third kappa shape index (κ3) is 4.89. The quantitative estimate of drug-likeness (QED) is 0.670. The number of carbonyl (C=O) groups is 1. The van der Waals surface area contributed by atoms with Gasteiger partial charge in [-0.25, -0.2) is 4.98 Å². The Morgan fingerprint density at radius 2 is 2.38 bits per heavy atom. The second-order valence-electron chi connectivity index (χ2n) is 3.13. The summed E-state index contributed by atoms with van der Waals surface area (Å²) in [6.07, 6.45) is 1.24. The van der Waals surface area contributed by atoms with Crippen molar-refractivity contribution in [1.82, 2.24) is 15.2 Å². The number of hydrogen-bond donors (Lipinski definition) is 3. The molecule has 0 fully saturated rings. The van der Waals surface area contributed by atoms with Crippen LogP contribution in [-0.4, -0.2) is 36.2 Å². The first-order valence-corrected chi connectivity index (χ1v) is 7.13. The van der Waals surface area contributed by atoms with E-state index in [4.69, 9.17) is 9.79 Å². The van der Waals surface area contributed by atoms with Gasteiger partial charge in [0.05, 0.1) is 11.4 Å². The van der Waals surface area contributed by atoms with Crippen LogP contribution in [0.15, 0.2) is 6.33 Å². The zero-order chi connectivity index (χ0) is 12.2. The summed E-state index contributed by atoms with van der Waals surface area (Å²) in [6.45, 7) is 1.39. The van der Waals surface area contributed by atoms with Crippen LogP contribution in [0.4, 0.5) is 0 Å². The molecule has 3 N–H and O–H groups in total. The zero-order valence-corrected chi connectivity index (χ0v) is 10.2. The average Bonchev–Trinajstić information content (AvgIpc) is 2.62. The molecule has 0 aliphatic heterocycles. The van der Waals surface area contributed by atoms with Gasteiger partial charge in [0, 0.05) is 6.92 Å². The highest BCUT2D eigenvalue weighted by molar-refractivity contribution is 8.13. The second kappa shape index (κ2) is 5.58. The number of aromatic amines is 1. The first-order valence-electron chi connectivity index (χ1n) is 4.46. The molecule has 0 saturated heterocycles. The average molecular weight is 265 g/mol. The van der Waals surface area contributed by atoms with Crippen LogP contribution in [0, 0.1) is 0 Å². The van der Waals surface area contributed by atoms with Crippen molar-refractivity contribution in [1.29, 1.82) is 0 Å². The Morgan fingerprint density at radius 1 is 1.69 bits per heavy atom. The highest BCUT2D eigenvalue weighted by atomic mass is 32.2. The van der Waals surface area contributed by atoms with Crippen molar-refractivity contribution in [3.05, 3.63) is 12.2 Å². The molecular weight excluding hydrogens is 253 g/mol. The van der Waals surface area contributed by atoms with Gasteiger partial charge in [0.2, 0.25) is 0 Å². The van der Waals surface area contributed by atoms with Gasteiger partial charge in [-0.3, -0.25) is 14.5 Å². The molecule has 9 heteroatoms. The molecule has 7 nitrogen and oxygen atoms in total. The Labute approximate surface area is 96.2 Å². The summed E-state index contributed by atoms with van der Waals surface area (Å²) in [5, 5.41) is 5.75. The summed E-state index contributed by atoms with van der Waals surface area (Å²) in [4.78, 5) is 32.4. The highest BCUT2D eigenvalue weighted by Gasteiger charge is 2.23. The maximum Gasteiger partial charge on any atom is 0.325 e. The van der Waals surface area contributed by atoms with Gasteiger partial charge in [-0.1, -0.05) is 11.8 Å². The fourth-order valence-electron chi connectivity index (χ4n) is 1.10. The number of thioether (sulfide) groups is 1. The summed E-state index contributed by atoms with van der Waals surface area (Å²) in [5.74, 6) is 0.383. The maximum atomic E-state index is 11.0. The van der Waals surface area contributed by atoms with E-state index in [1.165, 1.54) is 13.3 Å². The predicted molar refractivity (Wildman–Crippen MR) is 58.9 cm³/mol. The lowest BCUT2D eigenvalue weighted by molar-refractivity contribution is -0.109. The Kier molecular flexibility index (Phi) is 4.67. The summed E-state index contributed by atoms with van der Waals surface area (Å²) in [7, 11) is -4.06. The summed E-state index contributed by atoms with van der Waals surface area (Å²) in [5.41, 5.74) is 0. The van der Waals surface area contributed by atoms with Gasteiger partial charge in [-0.2, -0.15) is 5.10 Å². The van der Waals surface area contributed by atoms with Crippen molar-refractivity contribution in [2.24, 2.45) is 0 Å². The minimum Gasteiger partial charge on any atom is -0.324 e. The Balaban J connectivity index is 2.65. The Bertz CT molecular complexity index is 390. The zero-order valence-electron chi connectivity index (χ0n) is 8.53. The molecule has 90 valence electrons. The van der Waals surface area contributed by atoms with Crippen molar-refractivity contribution >= 4 is 24.5 Å². The van der Waals surface area contributed by atoms with E-state index in [0.29, 0.717) is 5.82 Å². The van der Waals surface area contributed by atoms with E-state index in [9.17, 15) is 9.36 Å². The van der Waals surface area contributed by atoms with E-state index < -0.39 is 12.8 Å². The van der Waals surface area contributed by atoms with Gasteiger partial charge in [0.1, 0.15) is 6.33 Å². The summed E-state index contributed by atoms with van der Waals surface area (Å²) in [6, 6.07) is 0. The lowest BCUT2D eigenvalue weighted by atomic mass is 10.3. The van der Waals surface area contributed by atoms with E-state index >= 15 is 0 Å². The third-order valence-electron chi connectivity index (χ3n) is 1.71. The molecule has 16 heavy (non-hydrogen) atoms. The van der Waals surface area contributed by atoms with Crippen LogP contribution >= 0.6 is 19.4 Å². The van der Waals surface area contributed by atoms with Crippen LogP contribution in [0.5, 0.6) is 0 Å². The van der Waals surface area contributed by atoms with Crippen LogP contribution in [0.25, 0.3) is 0 Å². The normalized spacial score (nSPS) is 13.7. The van der Waals surface area contributed by atoms with Gasteiger partial charge < -0.3 is 9.79 Å². The third-order valence-corrected chi connectivity index (χ3v) is 3.62. The second-order valence-corrected chi connectivity index (χ2v) is 6.29. The largest absolute Gasteiger partial charge is 0.325 e. The van der Waals surface area contributed by atoms with Gasteiger partial charge in [0.15, 0.2) is 10.9 Å². The van der Waals surface area contributed by atoms with Gasteiger partial charge in [-0.05, 0) is 6.42 Å². The van der Waals surface area contributed by atoms with E-state index in [2.05, 4.69) is 15.2 Å². The van der Waals surface area contributed by atoms with Gasteiger partial charge >= 0.3 is 7.60 Å². The minimum absolute atomic E-state index is 0.138. The number of nitrogens with zero attached hydrogens (tertiary/aromatic N) is 2. The molecule has 1 unspecified atom stereocenters. The Morgan fingerprint density at radius 3 is 2.81 bits per heavy atom. The lowest BCUT2D eigenvalue weighted by Crippen LogP contribution is -2.03. The lowest BCUT2D eigenvalue weighted by Gasteiger charge is -2.11. The van der Waals surface area contributed by atoms with Gasteiger partial charge in [0.25, 0.3) is 0 Å². The number of H-pyrrole nitrogens is 1. The van der Waals surface area contributed by atoms with Crippen LogP contribution in [0.2, 0.25) is 0 Å². The van der Waals surface area contributed by atoms with Crippen molar-refractivity contribution in [3.63, 3.8) is 0 Å². The predicted octanol–water partition coefficient (Wildman–Crippen LogP) is 0.693. The molecular formula is C7H12N3O4PS.